The van der Waals surface area contributed by atoms with Crippen molar-refractivity contribution in [1.82, 2.24) is 0 Å². The van der Waals surface area contributed by atoms with Crippen molar-refractivity contribution >= 4 is 5.97 Å². The van der Waals surface area contributed by atoms with Gasteiger partial charge in [-0.2, -0.15) is 0 Å². The first-order valence-electron chi connectivity index (χ1n) is 5.42. The molecule has 0 unspecified atom stereocenters. The van der Waals surface area contributed by atoms with Crippen LogP contribution in [0.15, 0.2) is 30.3 Å². The van der Waals surface area contributed by atoms with Crippen molar-refractivity contribution in [3.05, 3.63) is 35.9 Å². The molecule has 0 spiro atoms. The normalized spacial score (nSPS) is 12.1. The summed E-state index contributed by atoms with van der Waals surface area (Å²) in [4.78, 5) is 9.00. The fourth-order valence-electron chi connectivity index (χ4n) is 1.04. The number of carboxylic acids is 1. The minimum atomic E-state index is -0.833. The number of benzene rings is 1. The number of carbonyl (C=O) groups is 1. The highest BCUT2D eigenvalue weighted by atomic mass is 16.5. The van der Waals surface area contributed by atoms with E-state index in [-0.39, 0.29) is 5.48 Å². The van der Waals surface area contributed by atoms with Gasteiger partial charge in [0.2, 0.25) is 0 Å². The second kappa shape index (κ2) is 12.7. The lowest BCUT2D eigenvalue weighted by atomic mass is 10.2. The Bertz CT molecular complexity index is 256. The van der Waals surface area contributed by atoms with Gasteiger partial charge in [-0.05, 0) is 19.8 Å². The molecule has 0 amide bonds. The first kappa shape index (κ1) is 18.0. The van der Waals surface area contributed by atoms with E-state index in [9.17, 15) is 0 Å². The van der Waals surface area contributed by atoms with Gasteiger partial charge < -0.3 is 15.3 Å². The zero-order valence-electron chi connectivity index (χ0n) is 10.5. The molecular weight excluding hydrogens is 220 g/mol. The molecule has 2 rings (SSSR count). The van der Waals surface area contributed by atoms with Crippen LogP contribution >= 0.6 is 0 Å². The number of hydrogen-bond acceptors (Lipinski definition) is 2. The molecule has 0 aliphatic carbocycles. The van der Waals surface area contributed by atoms with Gasteiger partial charge in [0, 0.05) is 20.1 Å². The van der Waals surface area contributed by atoms with Gasteiger partial charge in [0.25, 0.3) is 5.97 Å². The molecule has 0 saturated carbocycles. The maximum atomic E-state index is 9.00. The van der Waals surface area contributed by atoms with E-state index in [4.69, 9.17) is 14.6 Å². The van der Waals surface area contributed by atoms with E-state index >= 15 is 0 Å². The SMILES string of the molecule is C1CCOC1.CC(=O)O.Cc1ccccc1.O. The van der Waals surface area contributed by atoms with Crippen LogP contribution in [0.1, 0.15) is 25.3 Å². The molecule has 17 heavy (non-hydrogen) atoms. The summed E-state index contributed by atoms with van der Waals surface area (Å²) in [5.74, 6) is -0.833. The van der Waals surface area contributed by atoms with Gasteiger partial charge in [-0.1, -0.05) is 35.9 Å². The molecule has 1 heterocycles. The van der Waals surface area contributed by atoms with Crippen molar-refractivity contribution in [1.29, 1.82) is 0 Å². The number of ether oxygens (including phenoxy) is 1. The molecule has 1 aromatic rings. The number of hydrogen-bond donors (Lipinski definition) is 1. The second-order valence-electron chi connectivity index (χ2n) is 3.49. The lowest BCUT2D eigenvalue weighted by Crippen LogP contribution is -1.78. The third kappa shape index (κ3) is 17.2. The van der Waals surface area contributed by atoms with Crippen molar-refractivity contribution in [3.8, 4) is 0 Å². The quantitative estimate of drug-likeness (QED) is 0.756. The number of aliphatic carboxylic acids is 1. The Morgan fingerprint density at radius 2 is 1.59 bits per heavy atom. The molecule has 0 atom stereocenters. The van der Waals surface area contributed by atoms with Crippen molar-refractivity contribution in [2.75, 3.05) is 13.2 Å². The molecule has 1 saturated heterocycles. The topological polar surface area (TPSA) is 78.0 Å². The van der Waals surface area contributed by atoms with Crippen LogP contribution < -0.4 is 0 Å². The Morgan fingerprint density at radius 1 is 1.18 bits per heavy atom. The van der Waals surface area contributed by atoms with E-state index in [1.165, 1.54) is 18.4 Å². The van der Waals surface area contributed by atoms with Gasteiger partial charge in [0.15, 0.2) is 0 Å². The summed E-state index contributed by atoms with van der Waals surface area (Å²) >= 11 is 0. The second-order valence-corrected chi connectivity index (χ2v) is 3.49. The van der Waals surface area contributed by atoms with Gasteiger partial charge in [0.05, 0.1) is 0 Å². The Balaban J connectivity index is 0. The predicted molar refractivity (Wildman–Crippen MR) is 68.2 cm³/mol. The number of aryl methyl sites for hydroxylation is 1. The highest BCUT2D eigenvalue weighted by Crippen LogP contribution is 1.98. The summed E-state index contributed by atoms with van der Waals surface area (Å²) in [5.41, 5.74) is 1.32. The van der Waals surface area contributed by atoms with Crippen LogP contribution in [0.3, 0.4) is 0 Å². The molecule has 1 fully saturated rings. The highest BCUT2D eigenvalue weighted by molar-refractivity contribution is 5.62. The van der Waals surface area contributed by atoms with Crippen molar-refractivity contribution < 1.29 is 20.1 Å². The third-order valence-electron chi connectivity index (χ3n) is 1.77. The average molecular weight is 242 g/mol. The standard InChI is InChI=1S/C7H8.C4H8O.C2H4O2.H2O/c1-7-5-3-2-4-6-7;1-2-4-5-3-1;1-2(3)4;/h2-6H,1H3;1-4H2;1H3,(H,3,4);1H2. The fraction of sp³-hybridized carbons (Fsp3) is 0.462. The first-order chi connectivity index (χ1) is 7.63. The van der Waals surface area contributed by atoms with E-state index < -0.39 is 5.97 Å². The van der Waals surface area contributed by atoms with Crippen LogP contribution in [-0.4, -0.2) is 29.8 Å². The zero-order valence-corrected chi connectivity index (χ0v) is 10.5. The zero-order chi connectivity index (χ0) is 12.2. The molecule has 3 N–H and O–H groups in total. The van der Waals surface area contributed by atoms with Gasteiger partial charge in [-0.25, -0.2) is 0 Å². The molecule has 1 aromatic carbocycles. The van der Waals surface area contributed by atoms with Gasteiger partial charge in [-0.3, -0.25) is 4.79 Å². The van der Waals surface area contributed by atoms with E-state index in [1.54, 1.807) is 0 Å². The number of rotatable bonds is 0. The van der Waals surface area contributed by atoms with E-state index in [0.29, 0.717) is 0 Å². The molecule has 0 aromatic heterocycles. The lowest BCUT2D eigenvalue weighted by Gasteiger charge is -1.82. The molecular formula is C13H22O4. The lowest BCUT2D eigenvalue weighted by molar-refractivity contribution is -0.134. The molecule has 1 aliphatic rings. The highest BCUT2D eigenvalue weighted by Gasteiger charge is 1.94. The monoisotopic (exact) mass is 242 g/mol. The third-order valence-corrected chi connectivity index (χ3v) is 1.77. The van der Waals surface area contributed by atoms with Crippen molar-refractivity contribution in [2.24, 2.45) is 0 Å². The minimum Gasteiger partial charge on any atom is -0.481 e. The van der Waals surface area contributed by atoms with Crippen molar-refractivity contribution in [3.63, 3.8) is 0 Å². The van der Waals surface area contributed by atoms with Gasteiger partial charge in [0.1, 0.15) is 0 Å². The summed E-state index contributed by atoms with van der Waals surface area (Å²) in [5, 5.41) is 7.42. The Labute approximate surface area is 103 Å². The average Bonchev–Trinajstić information content (AvgIpc) is 2.75. The van der Waals surface area contributed by atoms with E-state index in [2.05, 4.69) is 19.1 Å². The fourth-order valence-corrected chi connectivity index (χ4v) is 1.04. The Hall–Kier alpha value is -1.39. The molecule has 0 radical (unpaired) electrons. The van der Waals surface area contributed by atoms with E-state index in [1.807, 2.05) is 18.2 Å². The van der Waals surface area contributed by atoms with E-state index in [0.717, 1.165) is 20.1 Å². The van der Waals surface area contributed by atoms with Gasteiger partial charge in [-0.15, -0.1) is 0 Å². The predicted octanol–water partition coefficient (Wildman–Crippen LogP) is 2.06. The minimum absolute atomic E-state index is 0. The van der Waals surface area contributed by atoms with Crippen LogP contribution in [0.4, 0.5) is 0 Å². The maximum absolute atomic E-state index is 9.00. The largest absolute Gasteiger partial charge is 0.481 e. The Morgan fingerprint density at radius 3 is 1.76 bits per heavy atom. The summed E-state index contributed by atoms with van der Waals surface area (Å²) in [6.45, 7) is 5.17. The molecule has 0 bridgehead atoms. The van der Waals surface area contributed by atoms with Crippen LogP contribution in [-0.2, 0) is 9.53 Å². The van der Waals surface area contributed by atoms with Crippen LogP contribution in [0.2, 0.25) is 0 Å². The molecule has 98 valence electrons. The summed E-state index contributed by atoms with van der Waals surface area (Å²) in [7, 11) is 0. The van der Waals surface area contributed by atoms with Crippen LogP contribution in [0.5, 0.6) is 0 Å². The Kier molecular flexibility index (Phi) is 13.4. The molecule has 4 nitrogen and oxygen atoms in total. The molecule has 1 aliphatic heterocycles. The first-order valence-corrected chi connectivity index (χ1v) is 5.42. The smallest absolute Gasteiger partial charge is 0.300 e. The maximum Gasteiger partial charge on any atom is 0.300 e. The van der Waals surface area contributed by atoms with Crippen molar-refractivity contribution in [2.45, 2.75) is 26.7 Å². The van der Waals surface area contributed by atoms with Crippen LogP contribution in [0.25, 0.3) is 0 Å². The summed E-state index contributed by atoms with van der Waals surface area (Å²) in [6, 6.07) is 10.3. The molecule has 4 heteroatoms. The summed E-state index contributed by atoms with van der Waals surface area (Å²) in [6.07, 6.45) is 2.56. The van der Waals surface area contributed by atoms with Crippen LogP contribution in [0, 0.1) is 6.92 Å². The summed E-state index contributed by atoms with van der Waals surface area (Å²) < 4.78 is 4.94. The van der Waals surface area contributed by atoms with Gasteiger partial charge >= 0.3 is 0 Å². The number of carboxylic acid groups (broad SMARTS) is 1.